The lowest BCUT2D eigenvalue weighted by atomic mass is 10.2. The second kappa shape index (κ2) is 7.14. The van der Waals surface area contributed by atoms with E-state index in [-0.39, 0.29) is 18.1 Å². The first-order chi connectivity index (χ1) is 10.1. The van der Waals surface area contributed by atoms with Gasteiger partial charge in [0.15, 0.2) is 5.69 Å². The van der Waals surface area contributed by atoms with Crippen LogP contribution in [0.15, 0.2) is 40.2 Å². The number of halogens is 1. The number of nitrogens with zero attached hydrogens (tertiary/aromatic N) is 1. The summed E-state index contributed by atoms with van der Waals surface area (Å²) in [7, 11) is 0. The highest BCUT2D eigenvalue weighted by Gasteiger charge is 2.08. The third-order valence-corrected chi connectivity index (χ3v) is 4.08. The second-order valence-corrected chi connectivity index (χ2v) is 5.80. The number of aromatic carboxylic acids is 1. The number of benzene rings is 1. The smallest absolute Gasteiger partial charge is 0.355 e. The van der Waals surface area contributed by atoms with Crippen molar-refractivity contribution in [2.24, 2.45) is 0 Å². The van der Waals surface area contributed by atoms with Gasteiger partial charge in [0.2, 0.25) is 5.91 Å². The molecule has 2 aromatic rings. The Morgan fingerprint density at radius 1 is 1.38 bits per heavy atom. The molecule has 108 valence electrons. The van der Waals surface area contributed by atoms with Crippen LogP contribution in [0.4, 0.5) is 0 Å². The summed E-state index contributed by atoms with van der Waals surface area (Å²) in [5, 5.41) is 13.4. The van der Waals surface area contributed by atoms with Gasteiger partial charge in [-0.3, -0.25) is 4.79 Å². The van der Waals surface area contributed by atoms with E-state index in [1.807, 2.05) is 24.3 Å². The first-order valence-corrected chi connectivity index (χ1v) is 7.61. The molecule has 2 N–H and O–H groups in total. The molecule has 0 bridgehead atoms. The Morgan fingerprint density at radius 2 is 2.14 bits per heavy atom. The standard InChI is InChI=1S/C14H11BrN2O3S/c15-10-4-2-1-3-9(10)5-6-12(18)16-7-13-17-11(8-21-13)14(19)20/h1-6,8H,7H2,(H,16,18)(H,19,20). The fraction of sp³-hybridized carbons (Fsp3) is 0.0714. The highest BCUT2D eigenvalue weighted by atomic mass is 79.9. The maximum Gasteiger partial charge on any atom is 0.355 e. The number of carboxylic acid groups (broad SMARTS) is 1. The predicted octanol–water partition coefficient (Wildman–Crippen LogP) is 2.93. The van der Waals surface area contributed by atoms with Gasteiger partial charge in [0.05, 0.1) is 6.54 Å². The van der Waals surface area contributed by atoms with Crippen LogP contribution in [-0.2, 0) is 11.3 Å². The third kappa shape index (κ3) is 4.51. The van der Waals surface area contributed by atoms with E-state index in [0.717, 1.165) is 10.0 Å². The van der Waals surface area contributed by atoms with Crippen LogP contribution in [0.5, 0.6) is 0 Å². The van der Waals surface area contributed by atoms with E-state index >= 15 is 0 Å². The van der Waals surface area contributed by atoms with Gasteiger partial charge in [-0.2, -0.15) is 0 Å². The van der Waals surface area contributed by atoms with Crippen molar-refractivity contribution in [3.63, 3.8) is 0 Å². The van der Waals surface area contributed by atoms with E-state index in [4.69, 9.17) is 5.11 Å². The van der Waals surface area contributed by atoms with Gasteiger partial charge in [-0.25, -0.2) is 9.78 Å². The molecule has 0 saturated carbocycles. The molecule has 1 aromatic carbocycles. The summed E-state index contributed by atoms with van der Waals surface area (Å²) >= 11 is 4.59. The molecular weight excluding hydrogens is 356 g/mol. The van der Waals surface area contributed by atoms with Gasteiger partial charge in [0.1, 0.15) is 5.01 Å². The van der Waals surface area contributed by atoms with Crippen LogP contribution < -0.4 is 5.32 Å². The molecule has 21 heavy (non-hydrogen) atoms. The number of carbonyl (C=O) groups excluding carboxylic acids is 1. The average Bonchev–Trinajstić information content (AvgIpc) is 2.93. The van der Waals surface area contributed by atoms with E-state index in [1.165, 1.54) is 22.8 Å². The van der Waals surface area contributed by atoms with Crippen LogP contribution in [0, 0.1) is 0 Å². The van der Waals surface area contributed by atoms with Gasteiger partial charge in [0.25, 0.3) is 0 Å². The van der Waals surface area contributed by atoms with Crippen molar-refractivity contribution in [2.75, 3.05) is 0 Å². The van der Waals surface area contributed by atoms with Crippen molar-refractivity contribution in [2.45, 2.75) is 6.54 Å². The number of thiazole rings is 1. The number of nitrogens with one attached hydrogen (secondary N) is 1. The molecule has 0 atom stereocenters. The molecule has 0 aliphatic carbocycles. The minimum atomic E-state index is -1.07. The monoisotopic (exact) mass is 366 g/mol. The minimum absolute atomic E-state index is 0.00647. The van der Waals surface area contributed by atoms with Gasteiger partial charge in [-0.1, -0.05) is 34.1 Å². The number of hydrogen-bond acceptors (Lipinski definition) is 4. The number of aromatic nitrogens is 1. The Morgan fingerprint density at radius 3 is 2.81 bits per heavy atom. The molecule has 0 radical (unpaired) electrons. The summed E-state index contributed by atoms with van der Waals surface area (Å²) in [5.74, 6) is -1.34. The molecule has 0 spiro atoms. The quantitative estimate of drug-likeness (QED) is 0.797. The van der Waals surface area contributed by atoms with Crippen LogP contribution in [0.2, 0.25) is 0 Å². The first-order valence-electron chi connectivity index (χ1n) is 5.94. The Labute approximate surface area is 133 Å². The molecular formula is C14H11BrN2O3S. The third-order valence-electron chi connectivity index (χ3n) is 2.50. The van der Waals surface area contributed by atoms with Crippen molar-refractivity contribution >= 4 is 45.2 Å². The molecule has 2 rings (SSSR count). The van der Waals surface area contributed by atoms with Crippen molar-refractivity contribution < 1.29 is 14.7 Å². The van der Waals surface area contributed by atoms with Gasteiger partial charge in [0, 0.05) is 15.9 Å². The van der Waals surface area contributed by atoms with Gasteiger partial charge in [-0.15, -0.1) is 11.3 Å². The van der Waals surface area contributed by atoms with Crippen LogP contribution in [0.3, 0.4) is 0 Å². The van der Waals surface area contributed by atoms with Gasteiger partial charge < -0.3 is 10.4 Å². The van der Waals surface area contributed by atoms with Crippen LogP contribution in [-0.4, -0.2) is 22.0 Å². The van der Waals surface area contributed by atoms with E-state index in [9.17, 15) is 9.59 Å². The number of hydrogen-bond donors (Lipinski definition) is 2. The number of carbonyl (C=O) groups is 2. The summed E-state index contributed by atoms with van der Waals surface area (Å²) in [6, 6.07) is 7.55. The fourth-order valence-electron chi connectivity index (χ4n) is 1.49. The molecule has 1 aromatic heterocycles. The molecule has 0 unspecified atom stereocenters. The lowest BCUT2D eigenvalue weighted by Crippen LogP contribution is -2.20. The van der Waals surface area contributed by atoms with E-state index in [2.05, 4.69) is 26.2 Å². The molecule has 1 amide bonds. The van der Waals surface area contributed by atoms with Crippen molar-refractivity contribution in [1.29, 1.82) is 0 Å². The summed E-state index contributed by atoms with van der Waals surface area (Å²) in [6.07, 6.45) is 3.12. The van der Waals surface area contributed by atoms with Crippen LogP contribution in [0.1, 0.15) is 21.1 Å². The van der Waals surface area contributed by atoms with Crippen molar-refractivity contribution in [1.82, 2.24) is 10.3 Å². The van der Waals surface area contributed by atoms with Crippen molar-refractivity contribution in [3.8, 4) is 0 Å². The van der Waals surface area contributed by atoms with Crippen LogP contribution >= 0.6 is 27.3 Å². The zero-order valence-electron chi connectivity index (χ0n) is 10.7. The van der Waals surface area contributed by atoms with E-state index in [1.54, 1.807) is 6.08 Å². The summed E-state index contributed by atoms with van der Waals surface area (Å²) < 4.78 is 0.903. The van der Waals surface area contributed by atoms with Crippen LogP contribution in [0.25, 0.3) is 6.08 Å². The Hall–Kier alpha value is -1.99. The molecule has 0 saturated heterocycles. The Balaban J connectivity index is 1.90. The molecule has 0 aliphatic rings. The molecule has 1 heterocycles. The maximum absolute atomic E-state index is 11.7. The normalized spacial score (nSPS) is 10.7. The summed E-state index contributed by atoms with van der Waals surface area (Å²) in [6.45, 7) is 0.205. The molecule has 0 aliphatic heterocycles. The lowest BCUT2D eigenvalue weighted by Gasteiger charge is -1.99. The predicted molar refractivity (Wildman–Crippen MR) is 84.1 cm³/mol. The van der Waals surface area contributed by atoms with Gasteiger partial charge >= 0.3 is 5.97 Å². The average molecular weight is 367 g/mol. The fourth-order valence-corrected chi connectivity index (χ4v) is 2.61. The maximum atomic E-state index is 11.7. The molecule has 5 nitrogen and oxygen atoms in total. The first kappa shape index (κ1) is 15.4. The lowest BCUT2D eigenvalue weighted by molar-refractivity contribution is -0.116. The number of rotatable bonds is 5. The SMILES string of the molecule is O=C(C=Cc1ccccc1Br)NCc1nc(C(=O)O)cs1. The summed E-state index contributed by atoms with van der Waals surface area (Å²) in [4.78, 5) is 26.3. The topological polar surface area (TPSA) is 79.3 Å². The highest BCUT2D eigenvalue weighted by Crippen LogP contribution is 2.17. The zero-order chi connectivity index (χ0) is 15.2. The Bertz CT molecular complexity index is 697. The van der Waals surface area contributed by atoms with Crippen molar-refractivity contribution in [3.05, 3.63) is 56.5 Å². The molecule has 0 fully saturated rings. The molecule has 7 heteroatoms. The Kier molecular flexibility index (Phi) is 5.24. The summed E-state index contributed by atoms with van der Waals surface area (Å²) in [5.41, 5.74) is 0.892. The zero-order valence-corrected chi connectivity index (χ0v) is 13.1. The number of amides is 1. The highest BCUT2D eigenvalue weighted by molar-refractivity contribution is 9.10. The second-order valence-electron chi connectivity index (χ2n) is 4.00. The minimum Gasteiger partial charge on any atom is -0.476 e. The van der Waals surface area contributed by atoms with E-state index in [0.29, 0.717) is 5.01 Å². The van der Waals surface area contributed by atoms with E-state index < -0.39 is 5.97 Å². The largest absolute Gasteiger partial charge is 0.476 e. The number of carboxylic acids is 1. The van der Waals surface area contributed by atoms with Gasteiger partial charge in [-0.05, 0) is 17.7 Å².